The molecule has 1 heterocycles. The van der Waals surface area contributed by atoms with Crippen molar-refractivity contribution >= 4 is 21.8 Å². The maximum atomic E-state index is 11.9. The van der Waals surface area contributed by atoms with Gasteiger partial charge >= 0.3 is 0 Å². The van der Waals surface area contributed by atoms with Gasteiger partial charge in [0.05, 0.1) is 0 Å². The average Bonchev–Trinajstić information content (AvgIpc) is 2.91. The third-order valence-electron chi connectivity index (χ3n) is 4.06. The molecule has 0 spiro atoms. The number of hydrogen-bond donors (Lipinski definition) is 1. The zero-order valence-corrected chi connectivity index (χ0v) is 11.9. The van der Waals surface area contributed by atoms with Crippen molar-refractivity contribution in [2.24, 2.45) is 5.41 Å². The predicted octanol–water partition coefficient (Wildman–Crippen LogP) is 2.63. The number of ether oxygens (including phenoxy) is 1. The van der Waals surface area contributed by atoms with E-state index in [1.807, 2.05) is 0 Å². The van der Waals surface area contributed by atoms with E-state index < -0.39 is 0 Å². The largest absolute Gasteiger partial charge is 0.368 e. The van der Waals surface area contributed by atoms with Crippen molar-refractivity contribution in [3.63, 3.8) is 0 Å². The van der Waals surface area contributed by atoms with Crippen LogP contribution in [0.1, 0.15) is 44.9 Å². The van der Waals surface area contributed by atoms with Crippen molar-refractivity contribution < 1.29 is 9.53 Å². The molecule has 98 valence electrons. The summed E-state index contributed by atoms with van der Waals surface area (Å²) in [6.07, 6.45) is 8.09. The van der Waals surface area contributed by atoms with E-state index in [-0.39, 0.29) is 17.4 Å². The summed E-state index contributed by atoms with van der Waals surface area (Å²) in [5.74, 6) is 0.0911. The minimum atomic E-state index is -0.189. The van der Waals surface area contributed by atoms with E-state index in [4.69, 9.17) is 4.74 Å². The molecule has 2 fully saturated rings. The van der Waals surface area contributed by atoms with Gasteiger partial charge in [-0.1, -0.05) is 35.2 Å². The first-order valence-corrected chi connectivity index (χ1v) is 7.83. The van der Waals surface area contributed by atoms with Crippen LogP contribution in [0.15, 0.2) is 0 Å². The Morgan fingerprint density at radius 1 is 1.29 bits per heavy atom. The molecular weight excluding hydrogens is 282 g/mol. The second-order valence-electron chi connectivity index (χ2n) is 5.41. The summed E-state index contributed by atoms with van der Waals surface area (Å²) in [6, 6.07) is 0. The van der Waals surface area contributed by atoms with Gasteiger partial charge in [0, 0.05) is 18.5 Å². The Labute approximate surface area is 112 Å². The molecule has 1 amide bonds. The highest BCUT2D eigenvalue weighted by Gasteiger charge is 2.32. The van der Waals surface area contributed by atoms with Crippen LogP contribution in [-0.2, 0) is 9.53 Å². The van der Waals surface area contributed by atoms with E-state index in [9.17, 15) is 4.79 Å². The number of halogens is 1. The third-order valence-corrected chi connectivity index (χ3v) is 5.25. The van der Waals surface area contributed by atoms with Crippen LogP contribution in [0.4, 0.5) is 0 Å². The maximum absolute atomic E-state index is 11.9. The fourth-order valence-electron chi connectivity index (χ4n) is 2.83. The van der Waals surface area contributed by atoms with Gasteiger partial charge in [-0.05, 0) is 31.1 Å². The van der Waals surface area contributed by atoms with Crippen LogP contribution < -0.4 is 5.32 Å². The molecule has 1 saturated carbocycles. The van der Waals surface area contributed by atoms with Crippen LogP contribution in [0.5, 0.6) is 0 Å². The first-order chi connectivity index (χ1) is 8.26. The van der Waals surface area contributed by atoms with E-state index in [0.29, 0.717) is 0 Å². The first-order valence-electron chi connectivity index (χ1n) is 6.71. The number of amides is 1. The minimum absolute atomic E-state index is 0.0911. The smallest absolute Gasteiger partial charge is 0.249 e. The number of nitrogens with one attached hydrogen (secondary N) is 1. The molecule has 1 N–H and O–H groups in total. The lowest BCUT2D eigenvalue weighted by atomic mass is 9.75. The number of carbonyl (C=O) groups excluding carboxylic acids is 1. The quantitative estimate of drug-likeness (QED) is 0.811. The van der Waals surface area contributed by atoms with Crippen molar-refractivity contribution in [1.82, 2.24) is 5.32 Å². The summed E-state index contributed by atoms with van der Waals surface area (Å²) < 4.78 is 5.40. The van der Waals surface area contributed by atoms with Gasteiger partial charge in [-0.3, -0.25) is 4.79 Å². The van der Waals surface area contributed by atoms with E-state index in [2.05, 4.69) is 21.2 Å². The van der Waals surface area contributed by atoms with Crippen molar-refractivity contribution in [2.75, 3.05) is 18.5 Å². The van der Waals surface area contributed by atoms with Crippen molar-refractivity contribution in [1.29, 1.82) is 0 Å². The zero-order chi connectivity index (χ0) is 12.1. The molecule has 0 bridgehead atoms. The molecule has 2 rings (SSSR count). The van der Waals surface area contributed by atoms with Crippen LogP contribution in [0, 0.1) is 5.41 Å². The average molecular weight is 304 g/mol. The van der Waals surface area contributed by atoms with Crippen LogP contribution in [0.25, 0.3) is 0 Å². The molecule has 1 atom stereocenters. The van der Waals surface area contributed by atoms with Gasteiger partial charge < -0.3 is 10.1 Å². The highest BCUT2D eigenvalue weighted by Crippen LogP contribution is 2.37. The van der Waals surface area contributed by atoms with Gasteiger partial charge in [-0.25, -0.2) is 0 Å². The highest BCUT2D eigenvalue weighted by atomic mass is 79.9. The van der Waals surface area contributed by atoms with E-state index in [0.717, 1.165) is 31.3 Å². The van der Waals surface area contributed by atoms with Crippen LogP contribution >= 0.6 is 15.9 Å². The Kier molecular flexibility index (Phi) is 4.86. The molecule has 17 heavy (non-hydrogen) atoms. The second-order valence-corrected chi connectivity index (χ2v) is 5.97. The molecule has 1 aliphatic carbocycles. The lowest BCUT2D eigenvalue weighted by molar-refractivity contribution is -0.130. The zero-order valence-electron chi connectivity index (χ0n) is 10.3. The van der Waals surface area contributed by atoms with Gasteiger partial charge in [0.1, 0.15) is 6.10 Å². The molecule has 1 aliphatic heterocycles. The molecule has 1 unspecified atom stereocenters. The van der Waals surface area contributed by atoms with Crippen LogP contribution in [0.3, 0.4) is 0 Å². The van der Waals surface area contributed by atoms with Crippen molar-refractivity contribution in [3.8, 4) is 0 Å². The number of carbonyl (C=O) groups is 1. The maximum Gasteiger partial charge on any atom is 0.249 e. The monoisotopic (exact) mass is 303 g/mol. The molecular formula is C13H22BrNO2. The Hall–Kier alpha value is -0.0900. The highest BCUT2D eigenvalue weighted by molar-refractivity contribution is 9.09. The normalized spacial score (nSPS) is 27.9. The fraction of sp³-hybridized carbons (Fsp3) is 0.923. The number of rotatable bonds is 4. The molecule has 2 aliphatic rings. The lowest BCUT2D eigenvalue weighted by Gasteiger charge is -2.36. The van der Waals surface area contributed by atoms with Gasteiger partial charge in [0.2, 0.25) is 5.91 Å². The molecule has 0 aromatic rings. The Balaban J connectivity index is 1.80. The lowest BCUT2D eigenvalue weighted by Crippen LogP contribution is -2.43. The SMILES string of the molecule is O=C(NCC1(CBr)CCCCC1)C1CCCO1. The summed E-state index contributed by atoms with van der Waals surface area (Å²) in [4.78, 5) is 11.9. The standard InChI is InChI=1S/C13H22BrNO2/c14-9-13(6-2-1-3-7-13)10-15-12(16)11-5-4-8-17-11/h11H,1-10H2,(H,15,16). The summed E-state index contributed by atoms with van der Waals surface area (Å²) >= 11 is 3.62. The summed E-state index contributed by atoms with van der Waals surface area (Å²) in [6.45, 7) is 1.54. The molecule has 1 saturated heterocycles. The number of alkyl halides is 1. The van der Waals surface area contributed by atoms with Gasteiger partial charge in [0.25, 0.3) is 0 Å². The predicted molar refractivity (Wildman–Crippen MR) is 71.3 cm³/mol. The van der Waals surface area contributed by atoms with Gasteiger partial charge in [0.15, 0.2) is 0 Å². The molecule has 0 aromatic heterocycles. The van der Waals surface area contributed by atoms with Crippen molar-refractivity contribution in [2.45, 2.75) is 51.0 Å². The Bertz CT molecular complexity index is 258. The third kappa shape index (κ3) is 3.44. The summed E-state index contributed by atoms with van der Waals surface area (Å²) in [5.41, 5.74) is 0.284. The first kappa shape index (κ1) is 13.3. The molecule has 0 aromatic carbocycles. The van der Waals surface area contributed by atoms with Gasteiger partial charge in [-0.15, -0.1) is 0 Å². The second kappa shape index (κ2) is 6.19. The van der Waals surface area contributed by atoms with Gasteiger partial charge in [-0.2, -0.15) is 0 Å². The van der Waals surface area contributed by atoms with E-state index in [1.165, 1.54) is 32.1 Å². The van der Waals surface area contributed by atoms with E-state index >= 15 is 0 Å². The summed E-state index contributed by atoms with van der Waals surface area (Å²) in [5, 5.41) is 4.08. The topological polar surface area (TPSA) is 38.3 Å². The van der Waals surface area contributed by atoms with Crippen LogP contribution in [-0.4, -0.2) is 30.5 Å². The fourth-order valence-corrected chi connectivity index (χ4v) is 3.59. The van der Waals surface area contributed by atoms with E-state index in [1.54, 1.807) is 0 Å². The Morgan fingerprint density at radius 2 is 2.06 bits per heavy atom. The van der Waals surface area contributed by atoms with Crippen LogP contribution in [0.2, 0.25) is 0 Å². The molecule has 3 nitrogen and oxygen atoms in total. The Morgan fingerprint density at radius 3 is 2.65 bits per heavy atom. The molecule has 0 radical (unpaired) electrons. The number of hydrogen-bond acceptors (Lipinski definition) is 2. The molecule has 4 heteroatoms. The van der Waals surface area contributed by atoms with Crippen molar-refractivity contribution in [3.05, 3.63) is 0 Å². The summed E-state index contributed by atoms with van der Waals surface area (Å²) in [7, 11) is 0. The minimum Gasteiger partial charge on any atom is -0.368 e.